The first-order valence-electron chi connectivity index (χ1n) is 6.74. The van der Waals surface area contributed by atoms with Crippen LogP contribution in [0.2, 0.25) is 0 Å². The minimum atomic E-state index is 0.382. The second-order valence-corrected chi connectivity index (χ2v) is 6.57. The summed E-state index contributed by atoms with van der Waals surface area (Å²) in [5.41, 5.74) is 1.29. The summed E-state index contributed by atoms with van der Waals surface area (Å²) in [6.07, 6.45) is 0. The van der Waals surface area contributed by atoms with Crippen LogP contribution in [-0.4, -0.2) is 6.61 Å². The van der Waals surface area contributed by atoms with Gasteiger partial charge in [-0.3, -0.25) is 0 Å². The molecule has 0 saturated heterocycles. The predicted octanol–water partition coefficient (Wildman–Crippen LogP) is 3.92. The Kier molecular flexibility index (Phi) is 3.58. The molecule has 3 heteroatoms. The lowest BCUT2D eigenvalue weighted by atomic mass is 9.92. The van der Waals surface area contributed by atoms with Crippen LogP contribution in [0.5, 0.6) is 5.75 Å². The molecule has 0 amide bonds. The van der Waals surface area contributed by atoms with Crippen LogP contribution in [0.4, 0.5) is 0 Å². The zero-order chi connectivity index (χ0) is 13.2. The standard InChI is InChI=1S/C16H19NOS/c1-11-10-18-15-6-4-3-5-14(15)16(11)17-9-13-8-7-12(2)19-13/h3-8,11,16-17H,9-10H2,1-2H3. The molecule has 1 aliphatic heterocycles. The van der Waals surface area contributed by atoms with Gasteiger partial charge >= 0.3 is 0 Å². The van der Waals surface area contributed by atoms with E-state index in [-0.39, 0.29) is 0 Å². The number of thiophene rings is 1. The fraction of sp³-hybridized carbons (Fsp3) is 0.375. The molecule has 1 aromatic carbocycles. The van der Waals surface area contributed by atoms with Crippen molar-refractivity contribution in [1.29, 1.82) is 0 Å². The third kappa shape index (κ3) is 2.67. The van der Waals surface area contributed by atoms with Crippen LogP contribution in [0, 0.1) is 12.8 Å². The average Bonchev–Trinajstić information content (AvgIpc) is 2.83. The van der Waals surface area contributed by atoms with Crippen LogP contribution in [0.3, 0.4) is 0 Å². The topological polar surface area (TPSA) is 21.3 Å². The van der Waals surface area contributed by atoms with E-state index in [1.54, 1.807) is 0 Å². The van der Waals surface area contributed by atoms with E-state index in [4.69, 9.17) is 4.74 Å². The van der Waals surface area contributed by atoms with Gasteiger partial charge < -0.3 is 10.1 Å². The summed E-state index contributed by atoms with van der Waals surface area (Å²) in [5.74, 6) is 1.52. The third-order valence-electron chi connectivity index (χ3n) is 3.62. The van der Waals surface area contributed by atoms with Crippen LogP contribution < -0.4 is 10.1 Å². The van der Waals surface area contributed by atoms with Crippen molar-refractivity contribution in [2.24, 2.45) is 5.92 Å². The van der Waals surface area contributed by atoms with Crippen molar-refractivity contribution in [2.75, 3.05) is 6.61 Å². The van der Waals surface area contributed by atoms with Gasteiger partial charge in [0.1, 0.15) is 5.75 Å². The lowest BCUT2D eigenvalue weighted by Gasteiger charge is -2.32. The molecule has 1 aromatic heterocycles. The number of nitrogens with one attached hydrogen (secondary N) is 1. The molecular formula is C16H19NOS. The van der Waals surface area contributed by atoms with Crippen molar-refractivity contribution >= 4 is 11.3 Å². The SMILES string of the molecule is Cc1ccc(CNC2c3ccccc3OCC2C)s1. The van der Waals surface area contributed by atoms with E-state index < -0.39 is 0 Å². The smallest absolute Gasteiger partial charge is 0.124 e. The maximum absolute atomic E-state index is 5.78. The highest BCUT2D eigenvalue weighted by Crippen LogP contribution is 2.35. The van der Waals surface area contributed by atoms with Gasteiger partial charge in [-0.1, -0.05) is 25.1 Å². The molecule has 2 nitrogen and oxygen atoms in total. The highest BCUT2D eigenvalue weighted by molar-refractivity contribution is 7.11. The largest absolute Gasteiger partial charge is 0.493 e. The Morgan fingerprint density at radius 1 is 1.26 bits per heavy atom. The zero-order valence-electron chi connectivity index (χ0n) is 11.3. The Labute approximate surface area is 118 Å². The molecular weight excluding hydrogens is 254 g/mol. The maximum atomic E-state index is 5.78. The van der Waals surface area contributed by atoms with Gasteiger partial charge in [0, 0.05) is 33.8 Å². The van der Waals surface area contributed by atoms with Crippen molar-refractivity contribution in [3.63, 3.8) is 0 Å². The normalized spacial score (nSPS) is 21.8. The molecule has 1 aliphatic rings. The summed E-state index contributed by atoms with van der Waals surface area (Å²) in [6, 6.07) is 13.1. The van der Waals surface area contributed by atoms with E-state index in [2.05, 4.69) is 49.5 Å². The molecule has 1 N–H and O–H groups in total. The van der Waals surface area contributed by atoms with Crippen molar-refractivity contribution in [1.82, 2.24) is 5.32 Å². The highest BCUT2D eigenvalue weighted by Gasteiger charge is 2.27. The minimum Gasteiger partial charge on any atom is -0.493 e. The molecule has 0 radical (unpaired) electrons. The van der Waals surface area contributed by atoms with Crippen molar-refractivity contribution < 1.29 is 4.74 Å². The van der Waals surface area contributed by atoms with Gasteiger partial charge in [-0.05, 0) is 25.1 Å². The van der Waals surface area contributed by atoms with Gasteiger partial charge in [0.05, 0.1) is 6.61 Å². The molecule has 2 heterocycles. The van der Waals surface area contributed by atoms with Crippen LogP contribution in [-0.2, 0) is 6.54 Å². The molecule has 100 valence electrons. The fourth-order valence-electron chi connectivity index (χ4n) is 2.59. The van der Waals surface area contributed by atoms with E-state index in [1.165, 1.54) is 15.3 Å². The summed E-state index contributed by atoms with van der Waals surface area (Å²) in [4.78, 5) is 2.77. The highest BCUT2D eigenvalue weighted by atomic mass is 32.1. The van der Waals surface area contributed by atoms with Gasteiger partial charge in [-0.15, -0.1) is 11.3 Å². The molecule has 0 saturated carbocycles. The Morgan fingerprint density at radius 2 is 2.11 bits per heavy atom. The van der Waals surface area contributed by atoms with E-state index >= 15 is 0 Å². The van der Waals surface area contributed by atoms with Gasteiger partial charge in [-0.2, -0.15) is 0 Å². The summed E-state index contributed by atoms with van der Waals surface area (Å²) >= 11 is 1.87. The lowest BCUT2D eigenvalue weighted by Crippen LogP contribution is -2.33. The van der Waals surface area contributed by atoms with Gasteiger partial charge in [0.2, 0.25) is 0 Å². The number of hydrogen-bond donors (Lipinski definition) is 1. The number of aryl methyl sites for hydroxylation is 1. The molecule has 19 heavy (non-hydrogen) atoms. The third-order valence-corrected chi connectivity index (χ3v) is 4.62. The van der Waals surface area contributed by atoms with Crippen LogP contribution in [0.15, 0.2) is 36.4 Å². The quantitative estimate of drug-likeness (QED) is 0.915. The van der Waals surface area contributed by atoms with Crippen molar-refractivity contribution in [3.8, 4) is 5.75 Å². The first kappa shape index (κ1) is 12.7. The van der Waals surface area contributed by atoms with E-state index in [1.807, 2.05) is 17.4 Å². The average molecular weight is 273 g/mol. The Bertz CT molecular complexity index is 563. The van der Waals surface area contributed by atoms with E-state index in [0.717, 1.165) is 18.9 Å². The first-order chi connectivity index (χ1) is 9.24. The predicted molar refractivity (Wildman–Crippen MR) is 79.7 cm³/mol. The summed E-state index contributed by atoms with van der Waals surface area (Å²) < 4.78 is 5.78. The van der Waals surface area contributed by atoms with Gasteiger partial charge in [-0.25, -0.2) is 0 Å². The molecule has 0 fully saturated rings. The Morgan fingerprint density at radius 3 is 2.89 bits per heavy atom. The molecule has 2 atom stereocenters. The molecule has 2 aromatic rings. The minimum absolute atomic E-state index is 0.382. The fourth-order valence-corrected chi connectivity index (χ4v) is 3.44. The summed E-state index contributed by atoms with van der Waals surface area (Å²) in [6.45, 7) is 6.12. The van der Waals surface area contributed by atoms with Crippen molar-refractivity contribution in [3.05, 3.63) is 51.7 Å². The monoisotopic (exact) mass is 273 g/mol. The number of fused-ring (bicyclic) bond motifs is 1. The number of rotatable bonds is 3. The number of benzene rings is 1. The van der Waals surface area contributed by atoms with Crippen molar-refractivity contribution in [2.45, 2.75) is 26.4 Å². The van der Waals surface area contributed by atoms with Crippen LogP contribution in [0.25, 0.3) is 0 Å². The first-order valence-corrected chi connectivity index (χ1v) is 7.56. The molecule has 2 unspecified atom stereocenters. The second kappa shape index (κ2) is 5.35. The molecule has 0 spiro atoms. The van der Waals surface area contributed by atoms with E-state index in [0.29, 0.717) is 12.0 Å². The lowest BCUT2D eigenvalue weighted by molar-refractivity contribution is 0.188. The molecule has 0 bridgehead atoms. The molecule has 0 aliphatic carbocycles. The van der Waals surface area contributed by atoms with Gasteiger partial charge in [0.15, 0.2) is 0 Å². The van der Waals surface area contributed by atoms with Gasteiger partial charge in [0.25, 0.3) is 0 Å². The summed E-state index contributed by atoms with van der Waals surface area (Å²) in [7, 11) is 0. The number of para-hydroxylation sites is 1. The summed E-state index contributed by atoms with van der Waals surface area (Å²) in [5, 5.41) is 3.69. The number of hydrogen-bond acceptors (Lipinski definition) is 3. The van der Waals surface area contributed by atoms with Crippen LogP contribution >= 0.6 is 11.3 Å². The zero-order valence-corrected chi connectivity index (χ0v) is 12.2. The Hall–Kier alpha value is -1.32. The van der Waals surface area contributed by atoms with E-state index in [9.17, 15) is 0 Å². The molecule has 3 rings (SSSR count). The Balaban J connectivity index is 1.76. The number of ether oxygens (including phenoxy) is 1. The van der Waals surface area contributed by atoms with Crippen LogP contribution in [0.1, 0.15) is 28.3 Å². The maximum Gasteiger partial charge on any atom is 0.124 e. The second-order valence-electron chi connectivity index (χ2n) is 5.20.